The Morgan fingerprint density at radius 2 is 1.70 bits per heavy atom. The molecule has 0 spiro atoms. The molecule has 0 aliphatic carbocycles. The highest BCUT2D eigenvalue weighted by atomic mass is 32.2. The largest absolute Gasteiger partial charge is 0.491 e. The monoisotopic (exact) mass is 426 g/mol. The Balaban J connectivity index is 1.41. The van der Waals surface area contributed by atoms with Crippen LogP contribution in [0.3, 0.4) is 0 Å². The van der Waals surface area contributed by atoms with Crippen LogP contribution in [0.15, 0.2) is 65.7 Å². The first kappa shape index (κ1) is 20.6. The standard InChI is InChI=1S/C23H26N2O4S/c1-17(2)28-19-8-10-21(11-9-19)30(26,27)25-15-12-20(13-16-25)29-22-7-3-5-18-6-4-14-24-23(18)22/h3-11,14,17,20H,12-13,15-16H2,1-2H3. The summed E-state index contributed by atoms with van der Waals surface area (Å²) in [6.45, 7) is 4.72. The average molecular weight is 427 g/mol. The molecule has 158 valence electrons. The summed E-state index contributed by atoms with van der Waals surface area (Å²) in [5.41, 5.74) is 0.832. The van der Waals surface area contributed by atoms with Gasteiger partial charge < -0.3 is 9.47 Å². The van der Waals surface area contributed by atoms with Crippen LogP contribution in [0.25, 0.3) is 10.9 Å². The van der Waals surface area contributed by atoms with Gasteiger partial charge in [-0.3, -0.25) is 4.98 Å². The zero-order valence-corrected chi connectivity index (χ0v) is 18.0. The van der Waals surface area contributed by atoms with Gasteiger partial charge in [-0.25, -0.2) is 8.42 Å². The van der Waals surface area contributed by atoms with Crippen molar-refractivity contribution in [1.29, 1.82) is 0 Å². The number of hydrogen-bond donors (Lipinski definition) is 0. The molecular formula is C23H26N2O4S. The van der Waals surface area contributed by atoms with Gasteiger partial charge >= 0.3 is 0 Å². The van der Waals surface area contributed by atoms with E-state index in [-0.39, 0.29) is 17.1 Å². The van der Waals surface area contributed by atoms with E-state index in [1.54, 1.807) is 30.5 Å². The van der Waals surface area contributed by atoms with Crippen LogP contribution in [0.5, 0.6) is 11.5 Å². The Bertz CT molecular complexity index is 1100. The maximum absolute atomic E-state index is 13.0. The first-order valence-electron chi connectivity index (χ1n) is 10.2. The maximum Gasteiger partial charge on any atom is 0.243 e. The van der Waals surface area contributed by atoms with Crippen molar-refractivity contribution in [2.24, 2.45) is 0 Å². The van der Waals surface area contributed by atoms with Gasteiger partial charge in [0.1, 0.15) is 23.1 Å². The molecule has 0 bridgehead atoms. The molecule has 30 heavy (non-hydrogen) atoms. The maximum atomic E-state index is 13.0. The Morgan fingerprint density at radius 1 is 1.00 bits per heavy atom. The molecule has 2 aromatic carbocycles. The number of nitrogens with zero attached hydrogens (tertiary/aromatic N) is 2. The minimum atomic E-state index is -3.53. The number of piperidine rings is 1. The zero-order valence-electron chi connectivity index (χ0n) is 17.2. The molecule has 1 saturated heterocycles. The second kappa shape index (κ2) is 8.62. The number of ether oxygens (including phenoxy) is 2. The number of rotatable bonds is 6. The van der Waals surface area contributed by atoms with Crippen molar-refractivity contribution < 1.29 is 17.9 Å². The van der Waals surface area contributed by atoms with Crippen LogP contribution >= 0.6 is 0 Å². The second-order valence-corrected chi connectivity index (χ2v) is 9.63. The topological polar surface area (TPSA) is 68.7 Å². The third-order valence-electron chi connectivity index (χ3n) is 5.12. The predicted octanol–water partition coefficient (Wildman–Crippen LogP) is 4.25. The van der Waals surface area contributed by atoms with Crippen molar-refractivity contribution in [3.8, 4) is 11.5 Å². The summed E-state index contributed by atoms with van der Waals surface area (Å²) in [6.07, 6.45) is 3.03. The number of para-hydroxylation sites is 1. The third kappa shape index (κ3) is 4.42. The van der Waals surface area contributed by atoms with E-state index in [0.717, 1.165) is 16.7 Å². The average Bonchev–Trinajstić information content (AvgIpc) is 2.74. The van der Waals surface area contributed by atoms with E-state index in [9.17, 15) is 8.42 Å². The molecule has 1 aliphatic heterocycles. The van der Waals surface area contributed by atoms with Gasteiger partial charge in [-0.15, -0.1) is 0 Å². The summed E-state index contributed by atoms with van der Waals surface area (Å²) in [6, 6.07) is 16.4. The number of hydrogen-bond acceptors (Lipinski definition) is 5. The van der Waals surface area contributed by atoms with Gasteiger partial charge in [-0.2, -0.15) is 4.31 Å². The molecule has 3 aromatic rings. The molecule has 6 nitrogen and oxygen atoms in total. The molecular weight excluding hydrogens is 400 g/mol. The highest BCUT2D eigenvalue weighted by molar-refractivity contribution is 7.89. The van der Waals surface area contributed by atoms with E-state index in [4.69, 9.17) is 9.47 Å². The lowest BCUT2D eigenvalue weighted by atomic mass is 10.1. The summed E-state index contributed by atoms with van der Waals surface area (Å²) in [7, 11) is -3.53. The van der Waals surface area contributed by atoms with Crippen LogP contribution in [0.4, 0.5) is 0 Å². The first-order chi connectivity index (χ1) is 14.4. The van der Waals surface area contributed by atoms with Crippen molar-refractivity contribution in [3.05, 3.63) is 60.8 Å². The van der Waals surface area contributed by atoms with Crippen molar-refractivity contribution in [2.75, 3.05) is 13.1 Å². The minimum absolute atomic E-state index is 0.0362. The van der Waals surface area contributed by atoms with Crippen molar-refractivity contribution in [1.82, 2.24) is 9.29 Å². The zero-order chi connectivity index (χ0) is 21.1. The van der Waals surface area contributed by atoms with E-state index in [1.165, 1.54) is 4.31 Å². The molecule has 7 heteroatoms. The fourth-order valence-corrected chi connectivity index (χ4v) is 5.12. The van der Waals surface area contributed by atoms with Gasteiger partial charge in [-0.05, 0) is 63.1 Å². The van der Waals surface area contributed by atoms with E-state index in [1.807, 2.05) is 44.2 Å². The summed E-state index contributed by atoms with van der Waals surface area (Å²) in [4.78, 5) is 4.71. The molecule has 2 heterocycles. The van der Waals surface area contributed by atoms with Gasteiger partial charge in [0.25, 0.3) is 0 Å². The van der Waals surface area contributed by atoms with Gasteiger partial charge in [0.2, 0.25) is 10.0 Å². The SMILES string of the molecule is CC(C)Oc1ccc(S(=O)(=O)N2CCC(Oc3cccc4cccnc34)CC2)cc1. The van der Waals surface area contributed by atoms with Crippen molar-refractivity contribution >= 4 is 20.9 Å². The number of sulfonamides is 1. The smallest absolute Gasteiger partial charge is 0.243 e. The highest BCUT2D eigenvalue weighted by Gasteiger charge is 2.30. The fraction of sp³-hybridized carbons (Fsp3) is 0.348. The van der Waals surface area contributed by atoms with Crippen molar-refractivity contribution in [2.45, 2.75) is 43.8 Å². The van der Waals surface area contributed by atoms with Crippen LogP contribution < -0.4 is 9.47 Å². The molecule has 1 fully saturated rings. The van der Waals surface area contributed by atoms with Gasteiger partial charge in [0, 0.05) is 24.7 Å². The van der Waals surface area contributed by atoms with E-state index in [2.05, 4.69) is 4.98 Å². The second-order valence-electron chi connectivity index (χ2n) is 7.69. The molecule has 0 atom stereocenters. The summed E-state index contributed by atoms with van der Waals surface area (Å²) >= 11 is 0. The number of pyridine rings is 1. The lowest BCUT2D eigenvalue weighted by Gasteiger charge is -2.31. The Hall–Kier alpha value is -2.64. The Morgan fingerprint density at radius 3 is 2.40 bits per heavy atom. The quantitative estimate of drug-likeness (QED) is 0.589. The normalized spacial score (nSPS) is 16.1. The molecule has 0 N–H and O–H groups in total. The predicted molar refractivity (Wildman–Crippen MR) is 116 cm³/mol. The minimum Gasteiger partial charge on any atom is -0.491 e. The molecule has 0 amide bonds. The number of aromatic nitrogens is 1. The van der Waals surface area contributed by atoms with Gasteiger partial charge in [0.15, 0.2) is 0 Å². The first-order valence-corrected chi connectivity index (χ1v) is 11.6. The van der Waals surface area contributed by atoms with E-state index >= 15 is 0 Å². The lowest BCUT2D eigenvalue weighted by molar-refractivity contribution is 0.136. The Labute approximate surface area is 177 Å². The molecule has 0 radical (unpaired) electrons. The summed E-state index contributed by atoms with van der Waals surface area (Å²) in [5.74, 6) is 1.41. The van der Waals surface area contributed by atoms with E-state index in [0.29, 0.717) is 31.7 Å². The van der Waals surface area contributed by atoms with Crippen LogP contribution in [0.1, 0.15) is 26.7 Å². The number of fused-ring (bicyclic) bond motifs is 1. The highest BCUT2D eigenvalue weighted by Crippen LogP contribution is 2.28. The molecule has 1 aliphatic rings. The summed E-state index contributed by atoms with van der Waals surface area (Å²) < 4.78 is 39.3. The Kier molecular flexibility index (Phi) is 5.92. The van der Waals surface area contributed by atoms with Gasteiger partial charge in [0.05, 0.1) is 11.0 Å². The molecule has 0 saturated carbocycles. The van der Waals surface area contributed by atoms with Crippen LogP contribution in [0, 0.1) is 0 Å². The third-order valence-corrected chi connectivity index (χ3v) is 7.04. The molecule has 4 rings (SSSR count). The summed E-state index contributed by atoms with van der Waals surface area (Å²) in [5, 5.41) is 1.03. The number of benzene rings is 2. The fourth-order valence-electron chi connectivity index (χ4n) is 3.65. The van der Waals surface area contributed by atoms with E-state index < -0.39 is 10.0 Å². The van der Waals surface area contributed by atoms with Gasteiger partial charge in [-0.1, -0.05) is 18.2 Å². The lowest BCUT2D eigenvalue weighted by Crippen LogP contribution is -2.41. The molecule has 1 aromatic heterocycles. The van der Waals surface area contributed by atoms with Crippen LogP contribution in [-0.4, -0.2) is 43.0 Å². The van der Waals surface area contributed by atoms with Crippen LogP contribution in [0.2, 0.25) is 0 Å². The molecule has 0 unspecified atom stereocenters. The van der Waals surface area contributed by atoms with Crippen molar-refractivity contribution in [3.63, 3.8) is 0 Å². The van der Waals surface area contributed by atoms with Crippen LogP contribution in [-0.2, 0) is 10.0 Å².